The van der Waals surface area contributed by atoms with E-state index in [-0.39, 0.29) is 18.4 Å². The van der Waals surface area contributed by atoms with Crippen LogP contribution in [-0.2, 0) is 12.8 Å². The van der Waals surface area contributed by atoms with Crippen LogP contribution in [0, 0.1) is 11.6 Å². The molecule has 0 amide bonds. The molecule has 1 aromatic heterocycles. The van der Waals surface area contributed by atoms with Crippen LogP contribution in [0.5, 0.6) is 0 Å². The lowest BCUT2D eigenvalue weighted by Gasteiger charge is -1.99. The predicted octanol–water partition coefficient (Wildman–Crippen LogP) is 1.83. The van der Waals surface area contributed by atoms with Gasteiger partial charge in [0.05, 0.1) is 6.42 Å². The maximum absolute atomic E-state index is 13.4. The molecule has 1 aromatic carbocycles. The molecule has 0 aliphatic heterocycles. The van der Waals surface area contributed by atoms with E-state index in [0.717, 1.165) is 6.07 Å². The molecule has 0 aliphatic carbocycles. The first-order valence-electron chi connectivity index (χ1n) is 5.55. The zero-order valence-electron chi connectivity index (χ0n) is 9.86. The van der Waals surface area contributed by atoms with Crippen LogP contribution in [0.1, 0.15) is 24.2 Å². The second-order valence-electron chi connectivity index (χ2n) is 4.20. The Morgan fingerprint density at radius 1 is 1.39 bits per heavy atom. The third-order valence-corrected chi connectivity index (χ3v) is 2.37. The first-order chi connectivity index (χ1) is 8.54. The molecule has 0 aliphatic rings. The summed E-state index contributed by atoms with van der Waals surface area (Å²) in [6, 6.07) is 3.31. The summed E-state index contributed by atoms with van der Waals surface area (Å²) in [4.78, 5) is 4.09. The van der Waals surface area contributed by atoms with Crippen LogP contribution in [0.25, 0.3) is 0 Å². The van der Waals surface area contributed by atoms with Crippen molar-refractivity contribution in [2.75, 3.05) is 0 Å². The van der Waals surface area contributed by atoms with Gasteiger partial charge >= 0.3 is 0 Å². The minimum Gasteiger partial charge on any atom is -0.339 e. The van der Waals surface area contributed by atoms with Crippen molar-refractivity contribution in [2.45, 2.75) is 25.8 Å². The Morgan fingerprint density at radius 2 is 2.17 bits per heavy atom. The number of rotatable bonds is 4. The Bertz CT molecular complexity index is 540. The van der Waals surface area contributed by atoms with E-state index in [0.29, 0.717) is 17.8 Å². The number of halogens is 2. The van der Waals surface area contributed by atoms with Gasteiger partial charge in [0.25, 0.3) is 0 Å². The molecule has 6 heteroatoms. The zero-order valence-corrected chi connectivity index (χ0v) is 9.86. The lowest BCUT2D eigenvalue weighted by molar-refractivity contribution is 0.377. The Balaban J connectivity index is 2.11. The van der Waals surface area contributed by atoms with Crippen molar-refractivity contribution >= 4 is 0 Å². The van der Waals surface area contributed by atoms with Crippen molar-refractivity contribution in [2.24, 2.45) is 5.73 Å². The summed E-state index contributed by atoms with van der Waals surface area (Å²) in [6.45, 7) is 1.83. The van der Waals surface area contributed by atoms with Crippen LogP contribution >= 0.6 is 0 Å². The third-order valence-electron chi connectivity index (χ3n) is 2.37. The number of nitrogens with two attached hydrogens (primary N) is 1. The van der Waals surface area contributed by atoms with Gasteiger partial charge in [-0.25, -0.2) is 8.78 Å². The SMILES string of the molecule is CC(N)Cc1noc(Cc2ccc(F)cc2F)n1. The lowest BCUT2D eigenvalue weighted by Crippen LogP contribution is -2.18. The maximum Gasteiger partial charge on any atom is 0.231 e. The Hall–Kier alpha value is -1.82. The monoisotopic (exact) mass is 253 g/mol. The Labute approximate surface area is 103 Å². The minimum atomic E-state index is -0.623. The van der Waals surface area contributed by atoms with E-state index < -0.39 is 11.6 Å². The van der Waals surface area contributed by atoms with Crippen molar-refractivity contribution in [3.63, 3.8) is 0 Å². The second-order valence-corrected chi connectivity index (χ2v) is 4.20. The van der Waals surface area contributed by atoms with Gasteiger partial charge in [-0.15, -0.1) is 0 Å². The minimum absolute atomic E-state index is 0.0713. The second kappa shape index (κ2) is 5.22. The van der Waals surface area contributed by atoms with Crippen LogP contribution in [0.3, 0.4) is 0 Å². The molecule has 0 radical (unpaired) electrons. The van der Waals surface area contributed by atoms with Gasteiger partial charge in [0, 0.05) is 18.5 Å². The molecule has 0 fully saturated rings. The van der Waals surface area contributed by atoms with Gasteiger partial charge in [-0.2, -0.15) is 4.98 Å². The van der Waals surface area contributed by atoms with Crippen LogP contribution in [0.4, 0.5) is 8.78 Å². The Kier molecular flexibility index (Phi) is 3.66. The molecule has 2 rings (SSSR count). The normalized spacial score (nSPS) is 12.7. The van der Waals surface area contributed by atoms with E-state index >= 15 is 0 Å². The van der Waals surface area contributed by atoms with Crippen molar-refractivity contribution in [3.8, 4) is 0 Å². The molecule has 2 aromatic rings. The summed E-state index contributed by atoms with van der Waals surface area (Å²) in [5.74, 6) is -0.458. The quantitative estimate of drug-likeness (QED) is 0.902. The van der Waals surface area contributed by atoms with E-state index in [1.54, 1.807) is 0 Å². The highest BCUT2D eigenvalue weighted by Crippen LogP contribution is 2.13. The van der Waals surface area contributed by atoms with Crippen molar-refractivity contribution in [1.29, 1.82) is 0 Å². The van der Waals surface area contributed by atoms with Gasteiger partial charge in [0.1, 0.15) is 11.6 Å². The predicted molar refractivity (Wildman–Crippen MR) is 60.8 cm³/mol. The molecule has 1 unspecified atom stereocenters. The molecule has 18 heavy (non-hydrogen) atoms. The molecular weight excluding hydrogens is 240 g/mol. The highest BCUT2D eigenvalue weighted by atomic mass is 19.1. The number of nitrogens with zero attached hydrogens (tertiary/aromatic N) is 2. The average Bonchev–Trinajstić information content (AvgIpc) is 2.69. The number of hydrogen-bond donors (Lipinski definition) is 1. The number of hydrogen-bond acceptors (Lipinski definition) is 4. The summed E-state index contributed by atoms with van der Waals surface area (Å²) in [7, 11) is 0. The first kappa shape index (κ1) is 12.6. The van der Waals surface area contributed by atoms with Gasteiger partial charge in [-0.1, -0.05) is 11.2 Å². The molecule has 4 nitrogen and oxygen atoms in total. The fourth-order valence-electron chi connectivity index (χ4n) is 1.56. The van der Waals surface area contributed by atoms with Gasteiger partial charge in [-0.05, 0) is 18.6 Å². The van der Waals surface area contributed by atoms with Crippen LogP contribution in [0.15, 0.2) is 22.7 Å². The topological polar surface area (TPSA) is 64.9 Å². The summed E-state index contributed by atoms with van der Waals surface area (Å²) in [5, 5.41) is 3.74. The van der Waals surface area contributed by atoms with Crippen molar-refractivity contribution in [1.82, 2.24) is 10.1 Å². The van der Waals surface area contributed by atoms with Crippen molar-refractivity contribution < 1.29 is 13.3 Å². The van der Waals surface area contributed by atoms with Crippen molar-refractivity contribution in [3.05, 3.63) is 47.1 Å². The summed E-state index contributed by atoms with van der Waals surface area (Å²) < 4.78 is 31.1. The maximum atomic E-state index is 13.4. The molecule has 0 spiro atoms. The fraction of sp³-hybridized carbons (Fsp3) is 0.333. The van der Waals surface area contributed by atoms with Gasteiger partial charge in [-0.3, -0.25) is 0 Å². The van der Waals surface area contributed by atoms with Gasteiger partial charge in [0.15, 0.2) is 5.82 Å². The largest absolute Gasteiger partial charge is 0.339 e. The lowest BCUT2D eigenvalue weighted by atomic mass is 10.1. The molecule has 0 bridgehead atoms. The molecule has 0 saturated carbocycles. The van der Waals surface area contributed by atoms with E-state index in [4.69, 9.17) is 10.3 Å². The average molecular weight is 253 g/mol. The van der Waals surface area contributed by atoms with E-state index in [1.165, 1.54) is 12.1 Å². The highest BCUT2D eigenvalue weighted by molar-refractivity contribution is 5.21. The molecule has 2 N–H and O–H groups in total. The summed E-state index contributed by atoms with van der Waals surface area (Å²) in [6.07, 6.45) is 0.632. The third kappa shape index (κ3) is 3.10. The Morgan fingerprint density at radius 3 is 2.83 bits per heavy atom. The summed E-state index contributed by atoms with van der Waals surface area (Å²) >= 11 is 0. The summed E-state index contributed by atoms with van der Waals surface area (Å²) in [5.41, 5.74) is 5.92. The van der Waals surface area contributed by atoms with E-state index in [1.807, 2.05) is 6.92 Å². The molecule has 1 atom stereocenters. The molecular formula is C12H13F2N3O. The van der Waals surface area contributed by atoms with Crippen LogP contribution in [0.2, 0.25) is 0 Å². The van der Waals surface area contributed by atoms with E-state index in [2.05, 4.69) is 10.1 Å². The van der Waals surface area contributed by atoms with E-state index in [9.17, 15) is 8.78 Å². The van der Waals surface area contributed by atoms with Gasteiger partial charge < -0.3 is 10.3 Å². The van der Waals surface area contributed by atoms with Gasteiger partial charge in [0.2, 0.25) is 5.89 Å². The standard InChI is InChI=1S/C12H13F2N3O/c1-7(15)4-11-16-12(18-17-11)5-8-2-3-9(13)6-10(8)14/h2-3,6-7H,4-5,15H2,1H3. The number of aromatic nitrogens is 2. The molecule has 96 valence electrons. The fourth-order valence-corrected chi connectivity index (χ4v) is 1.56. The smallest absolute Gasteiger partial charge is 0.231 e. The molecule has 0 saturated heterocycles. The number of benzene rings is 1. The van der Waals surface area contributed by atoms with Crippen LogP contribution in [-0.4, -0.2) is 16.2 Å². The zero-order chi connectivity index (χ0) is 13.1. The van der Waals surface area contributed by atoms with Crippen LogP contribution < -0.4 is 5.73 Å². The highest BCUT2D eigenvalue weighted by Gasteiger charge is 2.11. The first-order valence-corrected chi connectivity index (χ1v) is 5.55. The molecule has 1 heterocycles.